The Balaban J connectivity index is 3.09. The van der Waals surface area contributed by atoms with E-state index in [1.165, 1.54) is 11.1 Å². The molecule has 0 aliphatic carbocycles. The summed E-state index contributed by atoms with van der Waals surface area (Å²) < 4.78 is 7.08. The van der Waals surface area contributed by atoms with Crippen LogP contribution in [0.3, 0.4) is 0 Å². The summed E-state index contributed by atoms with van der Waals surface area (Å²) >= 11 is 3.55. The third-order valence-corrected chi connectivity index (χ3v) is 3.19. The van der Waals surface area contributed by atoms with Crippen LogP contribution in [0.25, 0.3) is 0 Å². The second kappa shape index (κ2) is 4.07. The molecule has 0 fully saturated rings. The van der Waals surface area contributed by atoms with Gasteiger partial charge in [-0.3, -0.25) is 0 Å². The smallest absolute Gasteiger partial charge is 0.242 e. The summed E-state index contributed by atoms with van der Waals surface area (Å²) in [5, 5.41) is 0. The minimum absolute atomic E-state index is 1.01. The van der Waals surface area contributed by atoms with Crippen molar-refractivity contribution < 1.29 is 4.43 Å². The minimum Gasteiger partial charge on any atom is -0.543 e. The van der Waals surface area contributed by atoms with Crippen molar-refractivity contribution >= 4 is 24.2 Å². The quantitative estimate of drug-likeness (QED) is 0.731. The molecule has 0 aliphatic heterocycles. The molecule has 0 aliphatic rings. The molecule has 78 valence electrons. The normalized spacial score (nSPS) is 11.6. The Morgan fingerprint density at radius 2 is 1.71 bits per heavy atom. The van der Waals surface area contributed by atoms with Gasteiger partial charge in [-0.1, -0.05) is 6.07 Å². The molecule has 1 aromatic carbocycles. The van der Waals surface area contributed by atoms with E-state index in [1.807, 2.05) is 0 Å². The summed E-state index contributed by atoms with van der Waals surface area (Å²) in [6.07, 6.45) is 0. The first kappa shape index (κ1) is 11.8. The first-order chi connectivity index (χ1) is 6.29. The van der Waals surface area contributed by atoms with Gasteiger partial charge in [0.25, 0.3) is 0 Å². The molecule has 1 aromatic rings. The zero-order valence-corrected chi connectivity index (χ0v) is 12.0. The molecule has 14 heavy (non-hydrogen) atoms. The first-order valence-electron chi connectivity index (χ1n) is 4.75. The molecule has 0 saturated carbocycles. The maximum atomic E-state index is 6.01. The van der Waals surface area contributed by atoms with Gasteiger partial charge in [-0.05, 0) is 66.6 Å². The summed E-state index contributed by atoms with van der Waals surface area (Å²) in [4.78, 5) is 0. The van der Waals surface area contributed by atoms with Crippen molar-refractivity contribution in [3.05, 3.63) is 27.7 Å². The van der Waals surface area contributed by atoms with Crippen molar-refractivity contribution in [2.75, 3.05) is 0 Å². The van der Waals surface area contributed by atoms with Crippen molar-refractivity contribution in [3.63, 3.8) is 0 Å². The lowest BCUT2D eigenvalue weighted by Gasteiger charge is -2.22. The fourth-order valence-electron chi connectivity index (χ4n) is 1.34. The van der Waals surface area contributed by atoms with Gasteiger partial charge < -0.3 is 4.43 Å². The van der Waals surface area contributed by atoms with Gasteiger partial charge in [0.05, 0.1) is 4.47 Å². The summed E-state index contributed by atoms with van der Waals surface area (Å²) in [5.41, 5.74) is 2.47. The van der Waals surface area contributed by atoms with Gasteiger partial charge in [-0.25, -0.2) is 0 Å². The molecular weight excluding hydrogens is 256 g/mol. The third-order valence-electron chi connectivity index (χ3n) is 1.78. The van der Waals surface area contributed by atoms with Gasteiger partial charge in [0, 0.05) is 0 Å². The Hall–Kier alpha value is -0.283. The first-order valence-corrected chi connectivity index (χ1v) is 8.95. The molecule has 0 atom stereocenters. The van der Waals surface area contributed by atoms with Gasteiger partial charge in [0.15, 0.2) is 0 Å². The monoisotopic (exact) mass is 272 g/mol. The van der Waals surface area contributed by atoms with Crippen molar-refractivity contribution in [2.45, 2.75) is 33.5 Å². The highest BCUT2D eigenvalue weighted by atomic mass is 79.9. The van der Waals surface area contributed by atoms with Gasteiger partial charge >= 0.3 is 0 Å². The molecule has 0 saturated heterocycles. The van der Waals surface area contributed by atoms with Crippen molar-refractivity contribution in [3.8, 4) is 5.75 Å². The second-order valence-electron chi connectivity index (χ2n) is 4.61. The maximum Gasteiger partial charge on any atom is 0.242 e. The molecule has 1 rings (SSSR count). The number of hydrogen-bond acceptors (Lipinski definition) is 1. The van der Waals surface area contributed by atoms with Crippen LogP contribution < -0.4 is 4.43 Å². The lowest BCUT2D eigenvalue weighted by atomic mass is 10.1. The fraction of sp³-hybridized carbons (Fsp3) is 0.455. The van der Waals surface area contributed by atoms with Crippen LogP contribution in [0.4, 0.5) is 0 Å². The standard InChI is InChI=1S/C11H17BrOSi/c1-8-6-9(2)11(10(12)7-8)13-14(3,4)5/h6-7H,1-5H3. The largest absolute Gasteiger partial charge is 0.543 e. The molecular formula is C11H17BrOSi. The zero-order valence-electron chi connectivity index (χ0n) is 9.44. The van der Waals surface area contributed by atoms with Gasteiger partial charge in [0.2, 0.25) is 8.32 Å². The van der Waals surface area contributed by atoms with Crippen molar-refractivity contribution in [2.24, 2.45) is 0 Å². The van der Waals surface area contributed by atoms with Crippen LogP contribution in [0, 0.1) is 13.8 Å². The number of aryl methyl sites for hydroxylation is 2. The zero-order chi connectivity index (χ0) is 10.9. The van der Waals surface area contributed by atoms with E-state index in [2.05, 4.69) is 61.6 Å². The van der Waals surface area contributed by atoms with Crippen LogP contribution in [0.2, 0.25) is 19.6 Å². The molecule has 0 N–H and O–H groups in total. The predicted octanol–water partition coefficient (Wildman–Crippen LogP) is 4.28. The molecule has 0 radical (unpaired) electrons. The van der Waals surface area contributed by atoms with Crippen LogP contribution in [0.15, 0.2) is 16.6 Å². The lowest BCUT2D eigenvalue weighted by Crippen LogP contribution is -2.29. The minimum atomic E-state index is -1.51. The summed E-state index contributed by atoms with van der Waals surface area (Å²) in [7, 11) is -1.51. The third kappa shape index (κ3) is 3.14. The van der Waals surface area contributed by atoms with E-state index in [4.69, 9.17) is 4.43 Å². The van der Waals surface area contributed by atoms with Crippen LogP contribution in [0.5, 0.6) is 5.75 Å². The van der Waals surface area contributed by atoms with E-state index in [-0.39, 0.29) is 0 Å². The van der Waals surface area contributed by atoms with Gasteiger partial charge in [0.1, 0.15) is 5.75 Å². The van der Waals surface area contributed by atoms with E-state index in [1.54, 1.807) is 0 Å². The Morgan fingerprint density at radius 1 is 1.14 bits per heavy atom. The van der Waals surface area contributed by atoms with Crippen LogP contribution in [-0.4, -0.2) is 8.32 Å². The fourth-order valence-corrected chi connectivity index (χ4v) is 3.13. The lowest BCUT2D eigenvalue weighted by molar-refractivity contribution is 0.549. The summed E-state index contributed by atoms with van der Waals surface area (Å²) in [6, 6.07) is 4.25. The Bertz CT molecular complexity index is 319. The maximum absolute atomic E-state index is 6.01. The SMILES string of the molecule is Cc1cc(C)c(O[Si](C)(C)C)c(Br)c1. The molecule has 0 spiro atoms. The van der Waals surface area contributed by atoms with Gasteiger partial charge in [-0.15, -0.1) is 0 Å². The summed E-state index contributed by atoms with van der Waals surface area (Å²) in [5.74, 6) is 1.01. The highest BCUT2D eigenvalue weighted by Gasteiger charge is 2.19. The Kier molecular flexibility index (Phi) is 3.43. The number of rotatable bonds is 2. The van der Waals surface area contributed by atoms with E-state index in [0.717, 1.165) is 10.2 Å². The molecule has 0 aromatic heterocycles. The highest BCUT2D eigenvalue weighted by Crippen LogP contribution is 2.31. The summed E-state index contributed by atoms with van der Waals surface area (Å²) in [6.45, 7) is 10.8. The molecule has 0 amide bonds. The van der Waals surface area contributed by atoms with E-state index in [9.17, 15) is 0 Å². The van der Waals surface area contributed by atoms with Crippen LogP contribution in [-0.2, 0) is 0 Å². The van der Waals surface area contributed by atoms with Crippen LogP contribution >= 0.6 is 15.9 Å². The molecule has 3 heteroatoms. The second-order valence-corrected chi connectivity index (χ2v) is 9.89. The van der Waals surface area contributed by atoms with E-state index >= 15 is 0 Å². The van der Waals surface area contributed by atoms with E-state index in [0.29, 0.717) is 0 Å². The molecule has 0 heterocycles. The Morgan fingerprint density at radius 3 is 2.14 bits per heavy atom. The molecule has 1 nitrogen and oxygen atoms in total. The average molecular weight is 273 g/mol. The van der Waals surface area contributed by atoms with Crippen LogP contribution in [0.1, 0.15) is 11.1 Å². The van der Waals surface area contributed by atoms with Gasteiger partial charge in [-0.2, -0.15) is 0 Å². The number of hydrogen-bond donors (Lipinski definition) is 0. The van der Waals surface area contributed by atoms with E-state index < -0.39 is 8.32 Å². The topological polar surface area (TPSA) is 9.23 Å². The average Bonchev–Trinajstić information content (AvgIpc) is 1.95. The van der Waals surface area contributed by atoms with Crippen molar-refractivity contribution in [1.29, 1.82) is 0 Å². The predicted molar refractivity (Wildman–Crippen MR) is 67.6 cm³/mol. The highest BCUT2D eigenvalue weighted by molar-refractivity contribution is 9.10. The number of benzene rings is 1. The number of halogens is 1. The molecule has 0 unspecified atom stereocenters. The molecule has 0 bridgehead atoms. The Labute approximate surface area is 95.7 Å². The van der Waals surface area contributed by atoms with Crippen molar-refractivity contribution in [1.82, 2.24) is 0 Å².